The van der Waals surface area contributed by atoms with Crippen molar-refractivity contribution >= 4 is 0 Å². The van der Waals surface area contributed by atoms with E-state index in [1.54, 1.807) is 14.2 Å². The van der Waals surface area contributed by atoms with E-state index in [4.69, 9.17) is 18.9 Å². The van der Waals surface area contributed by atoms with E-state index in [1.807, 2.05) is 18.2 Å². The Morgan fingerprint density at radius 1 is 1.14 bits per heavy atom. The summed E-state index contributed by atoms with van der Waals surface area (Å²) in [5.74, 6) is 1.28. The van der Waals surface area contributed by atoms with Crippen molar-refractivity contribution in [3.8, 4) is 11.5 Å². The van der Waals surface area contributed by atoms with Gasteiger partial charge in [0.05, 0.1) is 20.3 Å². The average Bonchev–Trinajstić information content (AvgIpc) is 2.50. The Hall–Kier alpha value is -1.34. The Morgan fingerprint density at radius 2 is 1.95 bits per heavy atom. The molecule has 0 aromatic heterocycles. The number of ether oxygens (including phenoxy) is 4. The molecule has 1 rings (SSSR count). The predicted molar refractivity (Wildman–Crippen MR) is 80.0 cm³/mol. The van der Waals surface area contributed by atoms with Crippen LogP contribution in [0, 0.1) is 0 Å². The van der Waals surface area contributed by atoms with Gasteiger partial charge in [0.1, 0.15) is 12.7 Å². The Morgan fingerprint density at radius 3 is 2.62 bits per heavy atom. The predicted octanol–water partition coefficient (Wildman–Crippen LogP) is 0.817. The SMILES string of the molecule is COCCNCc1cccc(OC)c1OCC(O)COC. The molecule has 0 bridgehead atoms. The molecule has 0 saturated heterocycles. The van der Waals surface area contributed by atoms with E-state index in [-0.39, 0.29) is 13.2 Å². The third-order valence-electron chi connectivity index (χ3n) is 2.86. The van der Waals surface area contributed by atoms with Crippen molar-refractivity contribution in [3.63, 3.8) is 0 Å². The fourth-order valence-electron chi connectivity index (χ4n) is 1.84. The van der Waals surface area contributed by atoms with Gasteiger partial charge in [-0.1, -0.05) is 12.1 Å². The van der Waals surface area contributed by atoms with E-state index in [2.05, 4.69) is 5.32 Å². The van der Waals surface area contributed by atoms with E-state index in [0.717, 1.165) is 12.1 Å². The van der Waals surface area contributed by atoms with Gasteiger partial charge in [0.2, 0.25) is 0 Å². The smallest absolute Gasteiger partial charge is 0.165 e. The van der Waals surface area contributed by atoms with Crippen molar-refractivity contribution in [1.29, 1.82) is 0 Å². The van der Waals surface area contributed by atoms with E-state index in [0.29, 0.717) is 24.7 Å². The highest BCUT2D eigenvalue weighted by atomic mass is 16.5. The zero-order valence-corrected chi connectivity index (χ0v) is 12.9. The number of rotatable bonds is 11. The molecule has 1 aromatic carbocycles. The highest BCUT2D eigenvalue weighted by molar-refractivity contribution is 5.46. The van der Waals surface area contributed by atoms with Crippen molar-refractivity contribution in [2.24, 2.45) is 0 Å². The summed E-state index contributed by atoms with van der Waals surface area (Å²) in [5, 5.41) is 12.9. The van der Waals surface area contributed by atoms with Crippen molar-refractivity contribution < 1.29 is 24.1 Å². The summed E-state index contributed by atoms with van der Waals surface area (Å²) >= 11 is 0. The van der Waals surface area contributed by atoms with Crippen LogP contribution in [0.2, 0.25) is 0 Å². The third-order valence-corrected chi connectivity index (χ3v) is 2.86. The highest BCUT2D eigenvalue weighted by Crippen LogP contribution is 2.31. The molecular weight excluding hydrogens is 274 g/mol. The molecule has 0 fully saturated rings. The molecular formula is C15H25NO5. The van der Waals surface area contributed by atoms with Gasteiger partial charge in [-0.05, 0) is 6.07 Å². The normalized spacial score (nSPS) is 12.2. The summed E-state index contributed by atoms with van der Waals surface area (Å²) in [4.78, 5) is 0. The molecule has 1 atom stereocenters. The van der Waals surface area contributed by atoms with E-state index < -0.39 is 6.10 Å². The van der Waals surface area contributed by atoms with Gasteiger partial charge in [0, 0.05) is 32.9 Å². The molecule has 0 aliphatic carbocycles. The topological polar surface area (TPSA) is 69.2 Å². The molecule has 6 nitrogen and oxygen atoms in total. The average molecular weight is 299 g/mol. The number of methoxy groups -OCH3 is 3. The maximum atomic E-state index is 9.69. The third kappa shape index (κ3) is 6.31. The maximum absolute atomic E-state index is 9.69. The Balaban J connectivity index is 2.68. The Labute approximate surface area is 126 Å². The van der Waals surface area contributed by atoms with Crippen LogP contribution in [0.3, 0.4) is 0 Å². The molecule has 21 heavy (non-hydrogen) atoms. The van der Waals surface area contributed by atoms with Crippen LogP contribution in [0.15, 0.2) is 18.2 Å². The molecule has 1 aromatic rings. The maximum Gasteiger partial charge on any atom is 0.165 e. The molecule has 6 heteroatoms. The lowest BCUT2D eigenvalue weighted by atomic mass is 10.2. The van der Waals surface area contributed by atoms with Gasteiger partial charge in [0.15, 0.2) is 11.5 Å². The van der Waals surface area contributed by atoms with Gasteiger partial charge in [-0.2, -0.15) is 0 Å². The van der Waals surface area contributed by atoms with Gasteiger partial charge in [0.25, 0.3) is 0 Å². The molecule has 0 aliphatic rings. The lowest BCUT2D eigenvalue weighted by molar-refractivity contribution is 0.0316. The van der Waals surface area contributed by atoms with Crippen LogP contribution < -0.4 is 14.8 Å². The van der Waals surface area contributed by atoms with Crippen LogP contribution >= 0.6 is 0 Å². The monoisotopic (exact) mass is 299 g/mol. The number of benzene rings is 1. The van der Waals surface area contributed by atoms with E-state index in [9.17, 15) is 5.11 Å². The van der Waals surface area contributed by atoms with Crippen LogP contribution in [0.5, 0.6) is 11.5 Å². The molecule has 2 N–H and O–H groups in total. The number of hydrogen-bond acceptors (Lipinski definition) is 6. The molecule has 0 radical (unpaired) electrons. The summed E-state index contributed by atoms with van der Waals surface area (Å²) in [7, 11) is 4.80. The van der Waals surface area contributed by atoms with Crippen molar-refractivity contribution in [2.45, 2.75) is 12.6 Å². The second-order valence-corrected chi connectivity index (χ2v) is 4.54. The van der Waals surface area contributed by atoms with E-state index >= 15 is 0 Å². The number of nitrogens with one attached hydrogen (secondary N) is 1. The van der Waals surface area contributed by atoms with Crippen LogP contribution in [0.25, 0.3) is 0 Å². The Bertz CT molecular complexity index is 400. The largest absolute Gasteiger partial charge is 0.493 e. The van der Waals surface area contributed by atoms with Crippen LogP contribution in [-0.4, -0.2) is 58.9 Å². The van der Waals surface area contributed by atoms with Gasteiger partial charge >= 0.3 is 0 Å². The number of aliphatic hydroxyl groups excluding tert-OH is 1. The van der Waals surface area contributed by atoms with Crippen LogP contribution in [0.4, 0.5) is 0 Å². The standard InChI is InChI=1S/C15H25NO5/c1-18-8-7-16-9-12-5-4-6-14(20-3)15(12)21-11-13(17)10-19-2/h4-6,13,16-17H,7-11H2,1-3H3. The molecule has 0 spiro atoms. The molecule has 0 heterocycles. The van der Waals surface area contributed by atoms with Crippen molar-refractivity contribution in [2.75, 3.05) is 47.7 Å². The van der Waals surface area contributed by atoms with Crippen molar-refractivity contribution in [1.82, 2.24) is 5.32 Å². The fraction of sp³-hybridized carbons (Fsp3) is 0.600. The zero-order valence-electron chi connectivity index (χ0n) is 12.9. The minimum Gasteiger partial charge on any atom is -0.493 e. The lowest BCUT2D eigenvalue weighted by Crippen LogP contribution is -2.24. The Kier molecular flexibility index (Phi) is 8.77. The van der Waals surface area contributed by atoms with Gasteiger partial charge < -0.3 is 29.4 Å². The van der Waals surface area contributed by atoms with Crippen molar-refractivity contribution in [3.05, 3.63) is 23.8 Å². The number of para-hydroxylation sites is 1. The fourth-order valence-corrected chi connectivity index (χ4v) is 1.84. The summed E-state index contributed by atoms with van der Waals surface area (Å²) < 4.78 is 20.9. The van der Waals surface area contributed by atoms with Gasteiger partial charge in [-0.25, -0.2) is 0 Å². The quantitative estimate of drug-likeness (QED) is 0.590. The summed E-state index contributed by atoms with van der Waals surface area (Å²) in [6.07, 6.45) is -0.672. The minimum atomic E-state index is -0.672. The highest BCUT2D eigenvalue weighted by Gasteiger charge is 2.13. The lowest BCUT2D eigenvalue weighted by Gasteiger charge is -2.17. The molecule has 120 valence electrons. The van der Waals surface area contributed by atoms with Gasteiger partial charge in [-0.3, -0.25) is 0 Å². The second-order valence-electron chi connectivity index (χ2n) is 4.54. The van der Waals surface area contributed by atoms with Crippen LogP contribution in [-0.2, 0) is 16.0 Å². The summed E-state index contributed by atoms with van der Waals surface area (Å²) in [6.45, 7) is 2.41. The number of aliphatic hydroxyl groups is 1. The zero-order chi connectivity index (χ0) is 15.5. The second kappa shape index (κ2) is 10.4. The molecule has 0 amide bonds. The first-order valence-electron chi connectivity index (χ1n) is 6.88. The first-order chi connectivity index (χ1) is 10.2. The first kappa shape index (κ1) is 17.7. The molecule has 0 aliphatic heterocycles. The van der Waals surface area contributed by atoms with E-state index in [1.165, 1.54) is 7.11 Å². The summed E-state index contributed by atoms with van der Waals surface area (Å²) in [5.41, 5.74) is 0.968. The molecule has 0 saturated carbocycles. The number of hydrogen-bond donors (Lipinski definition) is 2. The van der Waals surface area contributed by atoms with Gasteiger partial charge in [-0.15, -0.1) is 0 Å². The van der Waals surface area contributed by atoms with Crippen LogP contribution in [0.1, 0.15) is 5.56 Å². The first-order valence-corrected chi connectivity index (χ1v) is 6.88. The molecule has 1 unspecified atom stereocenters. The summed E-state index contributed by atoms with van der Waals surface area (Å²) in [6, 6.07) is 5.70. The minimum absolute atomic E-state index is 0.152.